The van der Waals surface area contributed by atoms with Gasteiger partial charge in [-0.1, -0.05) is 17.7 Å². The Morgan fingerprint density at radius 2 is 2.26 bits per heavy atom. The minimum Gasteiger partial charge on any atom is -0.348 e. The predicted octanol–water partition coefficient (Wildman–Crippen LogP) is 2.79. The summed E-state index contributed by atoms with van der Waals surface area (Å²) in [5.41, 5.74) is 2.53. The Hall–Kier alpha value is -1.81. The first-order valence-corrected chi connectivity index (χ1v) is 6.54. The Labute approximate surface area is 117 Å². The van der Waals surface area contributed by atoms with Gasteiger partial charge in [-0.2, -0.15) is 5.10 Å². The Kier molecular flexibility index (Phi) is 4.22. The molecule has 0 aliphatic rings. The number of carbonyl (C=O) groups is 1. The largest absolute Gasteiger partial charge is 0.348 e. The first-order chi connectivity index (χ1) is 9.10. The van der Waals surface area contributed by atoms with Crippen molar-refractivity contribution in [1.29, 1.82) is 0 Å². The third kappa shape index (κ3) is 3.35. The molecule has 0 spiro atoms. The first-order valence-electron chi connectivity index (χ1n) is 6.17. The molecule has 19 heavy (non-hydrogen) atoms. The van der Waals surface area contributed by atoms with Crippen LogP contribution in [-0.4, -0.2) is 15.7 Å². The van der Waals surface area contributed by atoms with Gasteiger partial charge in [0.15, 0.2) is 0 Å². The zero-order valence-corrected chi connectivity index (χ0v) is 11.7. The van der Waals surface area contributed by atoms with Crippen LogP contribution in [0.3, 0.4) is 0 Å². The van der Waals surface area contributed by atoms with Crippen molar-refractivity contribution >= 4 is 17.5 Å². The van der Waals surface area contributed by atoms with Crippen LogP contribution >= 0.6 is 11.6 Å². The lowest BCUT2D eigenvalue weighted by Gasteiger charge is -2.04. The summed E-state index contributed by atoms with van der Waals surface area (Å²) in [5.74, 6) is -0.133. The number of hydrogen-bond acceptors (Lipinski definition) is 2. The molecule has 4 nitrogen and oxygen atoms in total. The quantitative estimate of drug-likeness (QED) is 0.934. The van der Waals surface area contributed by atoms with Gasteiger partial charge in [-0.3, -0.25) is 9.48 Å². The van der Waals surface area contributed by atoms with Gasteiger partial charge in [-0.25, -0.2) is 0 Å². The first kappa shape index (κ1) is 13.6. The fourth-order valence-electron chi connectivity index (χ4n) is 1.80. The molecule has 0 atom stereocenters. The van der Waals surface area contributed by atoms with E-state index in [4.69, 9.17) is 11.6 Å². The monoisotopic (exact) mass is 277 g/mol. The van der Waals surface area contributed by atoms with Crippen LogP contribution in [-0.2, 0) is 13.1 Å². The van der Waals surface area contributed by atoms with Crippen molar-refractivity contribution in [1.82, 2.24) is 15.1 Å². The summed E-state index contributed by atoms with van der Waals surface area (Å²) in [6, 6.07) is 6.90. The third-order valence-electron chi connectivity index (χ3n) is 2.90. The second kappa shape index (κ2) is 5.89. The number of hydrogen-bond donors (Lipinski definition) is 1. The molecule has 0 unspecified atom stereocenters. The SMILES string of the molecule is CCn1cc(CNC(=O)c2cccc(Cl)c2)c(C)n1. The van der Waals surface area contributed by atoms with Crippen LogP contribution in [0.15, 0.2) is 30.5 Å². The summed E-state index contributed by atoms with van der Waals surface area (Å²) >= 11 is 5.86. The molecular weight excluding hydrogens is 262 g/mol. The minimum absolute atomic E-state index is 0.133. The molecule has 2 rings (SSSR count). The maximum absolute atomic E-state index is 12.0. The van der Waals surface area contributed by atoms with Crippen LogP contribution < -0.4 is 5.32 Å². The summed E-state index contributed by atoms with van der Waals surface area (Å²) in [6.45, 7) is 5.26. The summed E-state index contributed by atoms with van der Waals surface area (Å²) in [5, 5.41) is 7.77. The average molecular weight is 278 g/mol. The lowest BCUT2D eigenvalue weighted by Crippen LogP contribution is -2.22. The van der Waals surface area contributed by atoms with Gasteiger partial charge in [0.2, 0.25) is 0 Å². The molecule has 1 aromatic heterocycles. The van der Waals surface area contributed by atoms with Crippen molar-refractivity contribution in [2.24, 2.45) is 0 Å². The normalized spacial score (nSPS) is 10.5. The van der Waals surface area contributed by atoms with Gasteiger partial charge in [0, 0.05) is 35.4 Å². The topological polar surface area (TPSA) is 46.9 Å². The van der Waals surface area contributed by atoms with E-state index in [0.29, 0.717) is 17.1 Å². The standard InChI is InChI=1S/C14H16ClN3O/c1-3-18-9-12(10(2)17-18)8-16-14(19)11-5-4-6-13(15)7-11/h4-7,9H,3,8H2,1-2H3,(H,16,19). The van der Waals surface area contributed by atoms with Gasteiger partial charge in [0.05, 0.1) is 5.69 Å². The van der Waals surface area contributed by atoms with E-state index < -0.39 is 0 Å². The van der Waals surface area contributed by atoms with Crippen LogP contribution in [0.4, 0.5) is 0 Å². The highest BCUT2D eigenvalue weighted by Crippen LogP contribution is 2.11. The molecule has 2 aromatic rings. The van der Waals surface area contributed by atoms with Crippen molar-refractivity contribution in [3.05, 3.63) is 52.3 Å². The van der Waals surface area contributed by atoms with Crippen LogP contribution in [0.1, 0.15) is 28.5 Å². The number of amides is 1. The zero-order valence-electron chi connectivity index (χ0n) is 11.0. The number of nitrogens with one attached hydrogen (secondary N) is 1. The lowest BCUT2D eigenvalue weighted by atomic mass is 10.2. The van der Waals surface area contributed by atoms with Gasteiger partial charge < -0.3 is 5.32 Å². The highest BCUT2D eigenvalue weighted by atomic mass is 35.5. The summed E-state index contributed by atoms with van der Waals surface area (Å²) in [4.78, 5) is 12.0. The molecule has 1 heterocycles. The molecule has 100 valence electrons. The van der Waals surface area contributed by atoms with Gasteiger partial charge in [-0.05, 0) is 32.0 Å². The Morgan fingerprint density at radius 1 is 1.47 bits per heavy atom. The van der Waals surface area contributed by atoms with Gasteiger partial charge in [0.1, 0.15) is 0 Å². The van der Waals surface area contributed by atoms with Gasteiger partial charge in [-0.15, -0.1) is 0 Å². The second-order valence-electron chi connectivity index (χ2n) is 4.29. The zero-order chi connectivity index (χ0) is 13.8. The summed E-state index contributed by atoms with van der Waals surface area (Å²) in [6.07, 6.45) is 1.95. The third-order valence-corrected chi connectivity index (χ3v) is 3.13. The molecule has 0 saturated carbocycles. The number of halogens is 1. The molecule has 0 bridgehead atoms. The molecule has 1 aromatic carbocycles. The molecule has 0 fully saturated rings. The number of rotatable bonds is 4. The van der Waals surface area contributed by atoms with Crippen molar-refractivity contribution in [3.8, 4) is 0 Å². The van der Waals surface area contributed by atoms with Crippen molar-refractivity contribution < 1.29 is 4.79 Å². The fourth-order valence-corrected chi connectivity index (χ4v) is 1.99. The Bertz CT molecular complexity index is 592. The Balaban J connectivity index is 2.02. The highest BCUT2D eigenvalue weighted by Gasteiger charge is 2.08. The number of benzene rings is 1. The maximum atomic E-state index is 12.0. The van der Waals surface area contributed by atoms with E-state index in [1.165, 1.54) is 0 Å². The van der Waals surface area contributed by atoms with Crippen LogP contribution in [0, 0.1) is 6.92 Å². The molecule has 0 aliphatic carbocycles. The van der Waals surface area contributed by atoms with Crippen molar-refractivity contribution in [3.63, 3.8) is 0 Å². The smallest absolute Gasteiger partial charge is 0.251 e. The second-order valence-corrected chi connectivity index (χ2v) is 4.72. The number of aromatic nitrogens is 2. The lowest BCUT2D eigenvalue weighted by molar-refractivity contribution is 0.0951. The molecule has 0 saturated heterocycles. The van der Waals surface area contributed by atoms with Gasteiger partial charge >= 0.3 is 0 Å². The molecule has 0 aliphatic heterocycles. The summed E-state index contributed by atoms with van der Waals surface area (Å²) < 4.78 is 1.86. The summed E-state index contributed by atoms with van der Waals surface area (Å²) in [7, 11) is 0. The predicted molar refractivity (Wildman–Crippen MR) is 75.3 cm³/mol. The van der Waals surface area contributed by atoms with Crippen LogP contribution in [0.5, 0.6) is 0 Å². The molecule has 5 heteroatoms. The average Bonchev–Trinajstić information content (AvgIpc) is 2.76. The fraction of sp³-hybridized carbons (Fsp3) is 0.286. The molecule has 1 amide bonds. The van der Waals surface area contributed by atoms with E-state index in [1.54, 1.807) is 24.3 Å². The van der Waals surface area contributed by atoms with Crippen LogP contribution in [0.2, 0.25) is 5.02 Å². The molecule has 1 N–H and O–H groups in total. The maximum Gasteiger partial charge on any atom is 0.251 e. The van der Waals surface area contributed by atoms with Crippen LogP contribution in [0.25, 0.3) is 0 Å². The highest BCUT2D eigenvalue weighted by molar-refractivity contribution is 6.30. The molecular formula is C14H16ClN3O. The molecule has 0 radical (unpaired) electrons. The van der Waals surface area contributed by atoms with E-state index in [1.807, 2.05) is 24.7 Å². The van der Waals surface area contributed by atoms with E-state index >= 15 is 0 Å². The number of nitrogens with zero attached hydrogens (tertiary/aromatic N) is 2. The van der Waals surface area contributed by atoms with Gasteiger partial charge in [0.25, 0.3) is 5.91 Å². The Morgan fingerprint density at radius 3 is 2.89 bits per heavy atom. The number of carbonyl (C=O) groups excluding carboxylic acids is 1. The number of aryl methyl sites for hydroxylation is 2. The van der Waals surface area contributed by atoms with E-state index in [2.05, 4.69) is 10.4 Å². The van der Waals surface area contributed by atoms with E-state index in [9.17, 15) is 4.79 Å². The van der Waals surface area contributed by atoms with Crippen molar-refractivity contribution in [2.45, 2.75) is 26.9 Å². The van der Waals surface area contributed by atoms with E-state index in [0.717, 1.165) is 17.8 Å². The minimum atomic E-state index is -0.133. The van der Waals surface area contributed by atoms with E-state index in [-0.39, 0.29) is 5.91 Å². The van der Waals surface area contributed by atoms with Crippen molar-refractivity contribution in [2.75, 3.05) is 0 Å².